The number of rotatable bonds is 4. The van der Waals surface area contributed by atoms with Crippen molar-refractivity contribution in [1.82, 2.24) is 25.0 Å². The van der Waals surface area contributed by atoms with Crippen LogP contribution in [0.5, 0.6) is 0 Å². The number of hydrogen-bond acceptors (Lipinski definition) is 5. The van der Waals surface area contributed by atoms with Crippen LogP contribution in [-0.2, 0) is 16.1 Å². The maximum absolute atomic E-state index is 12.7. The van der Waals surface area contributed by atoms with E-state index in [1.165, 1.54) is 0 Å². The minimum Gasteiger partial charge on any atom is -0.350 e. The molecule has 0 bridgehead atoms. The zero-order valence-electron chi connectivity index (χ0n) is 13.9. The Morgan fingerprint density at radius 3 is 3.12 bits per heavy atom. The molecular weight excluding hydrogens is 338 g/mol. The lowest BCUT2D eigenvalue weighted by molar-refractivity contribution is -0.138. The highest BCUT2D eigenvalue weighted by Gasteiger charge is 2.52. The van der Waals surface area contributed by atoms with Crippen LogP contribution in [0.2, 0.25) is 0 Å². The summed E-state index contributed by atoms with van der Waals surface area (Å²) in [5.74, 6) is 1.30. The van der Waals surface area contributed by atoms with Crippen LogP contribution in [0.3, 0.4) is 0 Å². The van der Waals surface area contributed by atoms with Gasteiger partial charge in [-0.15, -0.1) is 11.8 Å². The van der Waals surface area contributed by atoms with Gasteiger partial charge in [0.05, 0.1) is 4.87 Å². The van der Waals surface area contributed by atoms with E-state index < -0.39 is 6.04 Å². The molecule has 0 aromatic carbocycles. The van der Waals surface area contributed by atoms with Crippen LogP contribution < -0.4 is 5.32 Å². The molecule has 0 spiro atoms. The Morgan fingerprint density at radius 1 is 1.44 bits per heavy atom. The van der Waals surface area contributed by atoms with Crippen molar-refractivity contribution in [2.24, 2.45) is 0 Å². The quantitative estimate of drug-likeness (QED) is 0.893. The molecule has 4 rings (SSSR count). The van der Waals surface area contributed by atoms with Crippen molar-refractivity contribution in [3.63, 3.8) is 0 Å². The van der Waals surface area contributed by atoms with Gasteiger partial charge in [0.2, 0.25) is 11.8 Å². The van der Waals surface area contributed by atoms with Gasteiger partial charge in [0.15, 0.2) is 5.82 Å². The standard InChI is InChI=1S/C17H19N5O2S/c1-17-6-5-14(23)22(17)13(11-25-17)16(24)19-10-12-4-2-7-18-15(12)21-9-3-8-20-21/h2-4,7-9,13H,5-6,10-11H2,1H3,(H,19,24)/t13-,17+/m0/s1. The second-order valence-corrected chi connectivity index (χ2v) is 7.92. The van der Waals surface area contributed by atoms with Crippen LogP contribution in [0, 0.1) is 0 Å². The minimum atomic E-state index is -0.394. The average molecular weight is 357 g/mol. The number of thioether (sulfide) groups is 1. The second-order valence-electron chi connectivity index (χ2n) is 6.42. The van der Waals surface area contributed by atoms with Crippen LogP contribution >= 0.6 is 11.8 Å². The van der Waals surface area contributed by atoms with E-state index >= 15 is 0 Å². The first-order valence-corrected chi connectivity index (χ1v) is 9.25. The van der Waals surface area contributed by atoms with Crippen LogP contribution in [-0.4, -0.2) is 48.1 Å². The molecule has 8 heteroatoms. The van der Waals surface area contributed by atoms with Gasteiger partial charge in [0.25, 0.3) is 0 Å². The number of amides is 2. The monoisotopic (exact) mass is 357 g/mol. The second kappa shape index (κ2) is 6.18. The summed E-state index contributed by atoms with van der Waals surface area (Å²) in [6.45, 7) is 2.40. The largest absolute Gasteiger partial charge is 0.350 e. The first kappa shape index (κ1) is 16.1. The van der Waals surface area contributed by atoms with Crippen molar-refractivity contribution in [1.29, 1.82) is 0 Å². The molecule has 2 aromatic rings. The lowest BCUT2D eigenvalue weighted by Crippen LogP contribution is -2.49. The number of hydrogen-bond donors (Lipinski definition) is 1. The summed E-state index contributed by atoms with van der Waals surface area (Å²) in [6.07, 6.45) is 6.54. The molecular formula is C17H19N5O2S. The van der Waals surface area contributed by atoms with E-state index in [0.29, 0.717) is 24.5 Å². The lowest BCUT2D eigenvalue weighted by Gasteiger charge is -2.29. The fraction of sp³-hybridized carbons (Fsp3) is 0.412. The number of carbonyl (C=O) groups is 2. The predicted octanol–water partition coefficient (Wildman–Crippen LogP) is 1.34. The zero-order chi connectivity index (χ0) is 17.4. The highest BCUT2D eigenvalue weighted by Crippen LogP contribution is 2.47. The molecule has 0 radical (unpaired) electrons. The molecule has 2 fully saturated rings. The van der Waals surface area contributed by atoms with E-state index in [-0.39, 0.29) is 16.7 Å². The Hall–Kier alpha value is -2.35. The Kier molecular flexibility index (Phi) is 3.99. The number of pyridine rings is 1. The van der Waals surface area contributed by atoms with Crippen LogP contribution in [0.25, 0.3) is 5.82 Å². The molecule has 1 N–H and O–H groups in total. The van der Waals surface area contributed by atoms with E-state index in [9.17, 15) is 9.59 Å². The summed E-state index contributed by atoms with van der Waals surface area (Å²) in [5, 5.41) is 7.17. The maximum Gasteiger partial charge on any atom is 0.243 e. The summed E-state index contributed by atoms with van der Waals surface area (Å²) < 4.78 is 1.67. The Morgan fingerprint density at radius 2 is 2.32 bits per heavy atom. The first-order chi connectivity index (χ1) is 12.1. The maximum atomic E-state index is 12.7. The molecule has 2 aromatic heterocycles. The van der Waals surface area contributed by atoms with Crippen molar-refractivity contribution >= 4 is 23.6 Å². The van der Waals surface area contributed by atoms with Gasteiger partial charge in [0.1, 0.15) is 6.04 Å². The highest BCUT2D eigenvalue weighted by atomic mass is 32.2. The molecule has 0 aliphatic carbocycles. The van der Waals surface area contributed by atoms with E-state index in [2.05, 4.69) is 15.4 Å². The van der Waals surface area contributed by atoms with Gasteiger partial charge >= 0.3 is 0 Å². The Labute approximate surface area is 149 Å². The third-order valence-corrected chi connectivity index (χ3v) is 6.29. The van der Waals surface area contributed by atoms with Crippen LogP contribution in [0.1, 0.15) is 25.3 Å². The van der Waals surface area contributed by atoms with Gasteiger partial charge < -0.3 is 10.2 Å². The lowest BCUT2D eigenvalue weighted by atomic mass is 10.2. The SMILES string of the molecule is C[C@@]12CCC(=O)N1[C@H](C(=O)NCc1cccnc1-n1cccn1)CS2. The van der Waals surface area contributed by atoms with Gasteiger partial charge in [-0.3, -0.25) is 9.59 Å². The fourth-order valence-corrected chi connectivity index (χ4v) is 4.92. The summed E-state index contributed by atoms with van der Waals surface area (Å²) in [4.78, 5) is 30.7. The molecule has 2 amide bonds. The normalized spacial score (nSPS) is 25.2. The minimum absolute atomic E-state index is 0.0752. The van der Waals surface area contributed by atoms with E-state index in [1.54, 1.807) is 33.7 Å². The van der Waals surface area contributed by atoms with Crippen molar-refractivity contribution in [2.75, 3.05) is 5.75 Å². The first-order valence-electron chi connectivity index (χ1n) is 8.26. The summed E-state index contributed by atoms with van der Waals surface area (Å²) >= 11 is 1.70. The van der Waals surface area contributed by atoms with Crippen molar-refractivity contribution < 1.29 is 9.59 Å². The van der Waals surface area contributed by atoms with Crippen molar-refractivity contribution in [3.8, 4) is 5.82 Å². The predicted molar refractivity (Wildman–Crippen MR) is 93.9 cm³/mol. The molecule has 2 aliphatic rings. The molecule has 25 heavy (non-hydrogen) atoms. The smallest absolute Gasteiger partial charge is 0.243 e. The Bertz CT molecular complexity index is 809. The van der Waals surface area contributed by atoms with Gasteiger partial charge in [-0.25, -0.2) is 9.67 Å². The third-order valence-electron chi connectivity index (χ3n) is 4.79. The average Bonchev–Trinajstić information content (AvgIpc) is 3.31. The van der Waals surface area contributed by atoms with Gasteiger partial charge in [-0.05, 0) is 25.5 Å². The number of carbonyl (C=O) groups excluding carboxylic acids is 2. The number of aromatic nitrogens is 3. The third kappa shape index (κ3) is 2.80. The van der Waals surface area contributed by atoms with Gasteiger partial charge in [-0.1, -0.05) is 6.07 Å². The topological polar surface area (TPSA) is 80.1 Å². The molecule has 130 valence electrons. The van der Waals surface area contributed by atoms with Gasteiger partial charge in [0, 0.05) is 42.9 Å². The van der Waals surface area contributed by atoms with E-state index in [0.717, 1.165) is 12.0 Å². The van der Waals surface area contributed by atoms with Crippen LogP contribution in [0.15, 0.2) is 36.8 Å². The zero-order valence-corrected chi connectivity index (χ0v) is 14.7. The molecule has 2 aliphatic heterocycles. The molecule has 0 unspecified atom stereocenters. The summed E-state index contributed by atoms with van der Waals surface area (Å²) in [6, 6.07) is 5.18. The van der Waals surface area contributed by atoms with Crippen molar-refractivity contribution in [2.45, 2.75) is 37.2 Å². The molecule has 2 saturated heterocycles. The highest BCUT2D eigenvalue weighted by molar-refractivity contribution is 8.01. The number of nitrogens with one attached hydrogen (secondary N) is 1. The Balaban J connectivity index is 1.48. The number of nitrogens with zero attached hydrogens (tertiary/aromatic N) is 4. The fourth-order valence-electron chi connectivity index (χ4n) is 3.48. The molecule has 2 atom stereocenters. The molecule has 7 nitrogen and oxygen atoms in total. The van der Waals surface area contributed by atoms with Crippen molar-refractivity contribution in [3.05, 3.63) is 42.4 Å². The summed E-state index contributed by atoms with van der Waals surface area (Å²) in [5.41, 5.74) is 0.876. The molecule has 0 saturated carbocycles. The van der Waals surface area contributed by atoms with E-state index in [1.807, 2.05) is 31.3 Å². The number of fused-ring (bicyclic) bond motifs is 1. The molecule has 4 heterocycles. The van der Waals surface area contributed by atoms with Gasteiger partial charge in [-0.2, -0.15) is 5.10 Å². The van der Waals surface area contributed by atoms with E-state index in [4.69, 9.17) is 0 Å². The van der Waals surface area contributed by atoms with Crippen LogP contribution in [0.4, 0.5) is 0 Å². The summed E-state index contributed by atoms with van der Waals surface area (Å²) in [7, 11) is 0.